The summed E-state index contributed by atoms with van der Waals surface area (Å²) in [4.78, 5) is 38.4. The molecule has 0 radical (unpaired) electrons. The molecule has 1 amide bonds. The van der Waals surface area contributed by atoms with E-state index in [4.69, 9.17) is 23.7 Å². The molecule has 320 valence electrons. The first kappa shape index (κ1) is 49.3. The van der Waals surface area contributed by atoms with Crippen LogP contribution in [0.2, 0.25) is 0 Å². The molecule has 5 rings (SSSR count). The Morgan fingerprint density at radius 2 is 1.58 bits per heavy atom. The van der Waals surface area contributed by atoms with Crippen LogP contribution in [0.25, 0.3) is 0 Å². The van der Waals surface area contributed by atoms with Gasteiger partial charge >= 0.3 is 64.2 Å². The Labute approximate surface area is 388 Å². The Hall–Kier alpha value is -0.325. The Kier molecular flexibility index (Phi) is 16.8. The minimum Gasteiger partial charge on any atom is -0.530 e. The minimum atomic E-state index is -1.47. The van der Waals surface area contributed by atoms with Crippen molar-refractivity contribution in [3.8, 4) is 0 Å². The van der Waals surface area contributed by atoms with Gasteiger partial charge in [-0.3, -0.25) is 9.59 Å². The van der Waals surface area contributed by atoms with E-state index in [2.05, 4.69) is 12.2 Å². The second-order valence-corrected chi connectivity index (χ2v) is 18.4. The van der Waals surface area contributed by atoms with Crippen molar-refractivity contribution < 1.29 is 117 Å². The number of aliphatic carboxylic acids is 1. The summed E-state index contributed by atoms with van der Waals surface area (Å²) in [5, 5.41) is 47.1. The van der Waals surface area contributed by atoms with Crippen LogP contribution in [0, 0.1) is 41.4 Å². The molecule has 5 aliphatic heterocycles. The van der Waals surface area contributed by atoms with E-state index in [1.165, 1.54) is 0 Å². The van der Waals surface area contributed by atoms with Crippen LogP contribution in [-0.4, -0.2) is 98.6 Å². The number of amides is 1. The van der Waals surface area contributed by atoms with Gasteiger partial charge in [-0.15, -0.1) is 0 Å². The first-order valence-corrected chi connectivity index (χ1v) is 21.4. The van der Waals surface area contributed by atoms with Crippen molar-refractivity contribution in [2.75, 3.05) is 0 Å². The van der Waals surface area contributed by atoms with Crippen LogP contribution in [0.5, 0.6) is 0 Å². The van der Waals surface area contributed by atoms with Crippen molar-refractivity contribution in [1.29, 1.82) is 0 Å². The van der Waals surface area contributed by atoms with Crippen molar-refractivity contribution in [2.24, 2.45) is 41.4 Å². The number of carbonyl (C=O) groups excluding carboxylic acids is 2. The Balaban J connectivity index is 0.00000720. The number of ketones is 1. The molecule has 0 aromatic carbocycles. The van der Waals surface area contributed by atoms with E-state index in [9.17, 15) is 34.8 Å². The number of aliphatic hydroxyl groups excluding tert-OH is 1. The first-order valence-electron chi connectivity index (χ1n) is 21.4. The van der Waals surface area contributed by atoms with Crippen LogP contribution >= 0.6 is 0 Å². The summed E-state index contributed by atoms with van der Waals surface area (Å²) in [6.45, 7) is 19.3. The molecule has 5 heterocycles. The number of Topliss-reactive ketones (excluding diaryl/α,β-unsaturated/α-hetero) is 1. The number of ether oxygens (including phenoxy) is 5. The summed E-state index contributed by atoms with van der Waals surface area (Å²) in [5.74, 6) is -6.39. The van der Waals surface area contributed by atoms with Gasteiger partial charge in [0.05, 0.1) is 53.7 Å². The van der Waals surface area contributed by atoms with Gasteiger partial charge in [-0.1, -0.05) is 61.5 Å². The third-order valence-electron chi connectivity index (χ3n) is 14.8. The summed E-state index contributed by atoms with van der Waals surface area (Å²) in [7, 11) is 0. The van der Waals surface area contributed by atoms with Gasteiger partial charge in [-0.25, -0.2) is 0 Å². The monoisotopic (exact) mass is 877 g/mol. The maximum Gasteiger partial charge on any atom is 1.00 e. The molecule has 14 heteroatoms. The smallest absolute Gasteiger partial charge is 0.530 e. The Morgan fingerprint density at radius 3 is 2.16 bits per heavy atom. The molecular weight excluding hydrogens is 808 g/mol. The number of carboxylic acids is 1. The molecule has 0 aromatic heterocycles. The fourth-order valence-corrected chi connectivity index (χ4v) is 10.8. The van der Waals surface area contributed by atoms with Crippen LogP contribution in [0.3, 0.4) is 0 Å². The van der Waals surface area contributed by atoms with Crippen LogP contribution in [0.1, 0.15) is 133 Å². The average Bonchev–Trinajstić information content (AvgIpc) is 3.49. The van der Waals surface area contributed by atoms with Gasteiger partial charge in [0.25, 0.3) is 0 Å². The van der Waals surface area contributed by atoms with Crippen molar-refractivity contribution in [3.05, 3.63) is 12.2 Å². The standard InChI is InChI=1S/C43H71NO12.Rb/c1-11-29(38(47)48)31-15-14-23(4)36(53-31)27(8)34(45)26(7)35(46)30(12-2)37-24(5)22-25(6)42(54-37)19-16-32(44-39(49)50)43(56-42)21-20-40(10,55-43)33-17-18-41(51,13-3)28(9)52-33;/h16,19,23-34,36-37,44-45,51H,11-15,17-18,20-22H2,1-10H3,(H,47,48)(H,49,50);/q;+1/p-1/t23-,24-,25+,26-,27-,28-,29+,30?,31+,32+,33+,34+,36+,37-,40-,41+,42-,43-;/m0./s1. The zero-order chi connectivity index (χ0) is 41.5. The third kappa shape index (κ3) is 9.84. The largest absolute Gasteiger partial charge is 1.00 e. The summed E-state index contributed by atoms with van der Waals surface area (Å²) in [6, 6.07) is -0.908. The molecule has 2 spiro atoms. The molecular formula is C43H70NO12Rb. The van der Waals surface area contributed by atoms with E-state index in [1.807, 2.05) is 55.4 Å². The topological polar surface area (TPSA) is 193 Å². The van der Waals surface area contributed by atoms with Crippen molar-refractivity contribution in [1.82, 2.24) is 5.32 Å². The van der Waals surface area contributed by atoms with Crippen LogP contribution in [-0.2, 0) is 33.3 Å². The van der Waals surface area contributed by atoms with Gasteiger partial charge in [0.15, 0.2) is 11.6 Å². The van der Waals surface area contributed by atoms with E-state index in [-0.39, 0.29) is 87.8 Å². The molecule has 13 nitrogen and oxygen atoms in total. The summed E-state index contributed by atoms with van der Waals surface area (Å²) >= 11 is 0. The Morgan fingerprint density at radius 1 is 0.912 bits per heavy atom. The number of carboxylic acid groups (broad SMARTS) is 2. The van der Waals surface area contributed by atoms with E-state index in [0.717, 1.165) is 6.42 Å². The van der Waals surface area contributed by atoms with E-state index in [0.29, 0.717) is 57.8 Å². The first-order chi connectivity index (χ1) is 26.2. The Bertz CT molecular complexity index is 1450. The van der Waals surface area contributed by atoms with Gasteiger partial charge in [-0.2, -0.15) is 0 Å². The molecule has 4 saturated heterocycles. The van der Waals surface area contributed by atoms with Crippen LogP contribution in [0.15, 0.2) is 12.2 Å². The zero-order valence-corrected chi connectivity index (χ0v) is 41.2. The molecule has 1 unspecified atom stereocenters. The molecule has 0 saturated carbocycles. The predicted octanol–water partition coefficient (Wildman–Crippen LogP) is 2.13. The normalized spacial score (nSPS) is 43.4. The minimum absolute atomic E-state index is 0. The second-order valence-electron chi connectivity index (χ2n) is 18.4. The molecule has 18 atom stereocenters. The molecule has 57 heavy (non-hydrogen) atoms. The van der Waals surface area contributed by atoms with Crippen LogP contribution < -0.4 is 68.6 Å². The predicted molar refractivity (Wildman–Crippen MR) is 205 cm³/mol. The molecule has 0 aromatic rings. The van der Waals surface area contributed by atoms with Gasteiger partial charge in [-0.05, 0) is 89.5 Å². The number of rotatable bonds is 13. The number of carbonyl (C=O) groups is 3. The van der Waals surface area contributed by atoms with Gasteiger partial charge < -0.3 is 54.2 Å². The molecule has 0 aliphatic carbocycles. The molecule has 5 aliphatic rings. The molecule has 4 fully saturated rings. The molecule has 4 N–H and O–H groups in total. The van der Waals surface area contributed by atoms with E-state index in [1.54, 1.807) is 19.1 Å². The average molecular weight is 878 g/mol. The molecule has 0 bridgehead atoms. The van der Waals surface area contributed by atoms with Crippen molar-refractivity contribution in [3.63, 3.8) is 0 Å². The second kappa shape index (κ2) is 19.4. The summed E-state index contributed by atoms with van der Waals surface area (Å²) in [6.07, 6.45) is 4.19. The zero-order valence-electron chi connectivity index (χ0n) is 36.3. The van der Waals surface area contributed by atoms with Gasteiger partial charge in [0, 0.05) is 30.1 Å². The maximum atomic E-state index is 14.5. The van der Waals surface area contributed by atoms with Gasteiger partial charge in [0.2, 0.25) is 0 Å². The fourth-order valence-electron chi connectivity index (χ4n) is 10.8. The van der Waals surface area contributed by atoms with E-state index >= 15 is 0 Å². The third-order valence-corrected chi connectivity index (χ3v) is 14.8. The summed E-state index contributed by atoms with van der Waals surface area (Å²) < 4.78 is 33.7. The quantitative estimate of drug-likeness (QED) is 0.198. The van der Waals surface area contributed by atoms with Crippen molar-refractivity contribution >= 4 is 17.8 Å². The SMILES string of the molecule is CCC(C(=O)[C@@H](C)[C@@H](O)[C@H](C)[C@@H]1O[C@@H]([C@@H](CC)C(=O)O)CC[C@@H]1C)[C@H]1O[C@]2(C=C[C@@H](NC(=O)[O-])[C@]3(CC[C@@](C)([C@H]4CC[C@](O)(CC)[C@H](C)O4)O3)O2)[C@H](C)C[C@@H]1C.[Rb+]. The van der Waals surface area contributed by atoms with Crippen LogP contribution in [0.4, 0.5) is 4.79 Å². The fraction of sp³-hybridized carbons (Fsp3) is 0.884. The van der Waals surface area contributed by atoms with Crippen molar-refractivity contribution in [2.45, 2.75) is 199 Å². The number of nitrogens with one attached hydrogen (secondary N) is 1. The van der Waals surface area contributed by atoms with Gasteiger partial charge in [0.1, 0.15) is 17.9 Å². The maximum absolute atomic E-state index is 14.5. The summed E-state index contributed by atoms with van der Waals surface area (Å²) in [5.41, 5.74) is -1.79. The number of aliphatic hydroxyl groups is 2. The number of hydrogen-bond donors (Lipinski definition) is 4. The van der Waals surface area contributed by atoms with E-state index < -0.39 is 95.1 Å². The number of hydrogen-bond acceptors (Lipinski definition) is 11.